The summed E-state index contributed by atoms with van der Waals surface area (Å²) in [6.45, 7) is 16.8. The highest BCUT2D eigenvalue weighted by molar-refractivity contribution is 5.84. The Labute approximate surface area is 230 Å². The Morgan fingerprint density at radius 1 is 0.553 bits per heavy atom. The van der Waals surface area contributed by atoms with E-state index < -0.39 is 0 Å². The lowest BCUT2D eigenvalue weighted by molar-refractivity contribution is -0.148. The number of ether oxygens (including phenoxy) is 2. The Bertz CT molecular complexity index is 969. The van der Waals surface area contributed by atoms with Crippen molar-refractivity contribution in [3.63, 3.8) is 0 Å². The fourth-order valence-electron chi connectivity index (χ4n) is 3.56. The molecular weight excluding hydrogens is 476 g/mol. The van der Waals surface area contributed by atoms with Crippen molar-refractivity contribution >= 4 is 17.7 Å². The maximum atomic E-state index is 11.6. The molecule has 0 saturated heterocycles. The van der Waals surface area contributed by atoms with E-state index >= 15 is 0 Å². The number of ketones is 1. The van der Waals surface area contributed by atoms with Crippen LogP contribution < -0.4 is 0 Å². The van der Waals surface area contributed by atoms with Crippen LogP contribution in [0.1, 0.15) is 90.5 Å². The minimum Gasteiger partial charge on any atom is -0.461 e. The highest BCUT2D eigenvalue weighted by atomic mass is 16.5. The maximum absolute atomic E-state index is 11.6. The molecular formula is C33H48O5. The fraction of sp³-hybridized carbons (Fsp3) is 0.545. The molecule has 0 aliphatic rings. The van der Waals surface area contributed by atoms with Gasteiger partial charge in [-0.2, -0.15) is 0 Å². The smallest absolute Gasteiger partial charge is 0.308 e. The van der Waals surface area contributed by atoms with Crippen molar-refractivity contribution in [3.05, 3.63) is 70.8 Å². The number of rotatable bonds is 13. The zero-order chi connectivity index (χ0) is 28.7. The number of Topliss-reactive ketones (excluding diaryl/α,β-unsaturated/α-hetero) is 1. The van der Waals surface area contributed by atoms with Crippen LogP contribution >= 0.6 is 0 Å². The van der Waals surface area contributed by atoms with Crippen LogP contribution in [-0.4, -0.2) is 17.7 Å². The third-order valence-electron chi connectivity index (χ3n) is 5.81. The van der Waals surface area contributed by atoms with Gasteiger partial charge in [-0.15, -0.1) is 0 Å². The van der Waals surface area contributed by atoms with Crippen molar-refractivity contribution in [3.8, 4) is 0 Å². The second-order valence-corrected chi connectivity index (χ2v) is 11.4. The van der Waals surface area contributed by atoms with Crippen LogP contribution in [0.3, 0.4) is 0 Å². The van der Waals surface area contributed by atoms with Crippen molar-refractivity contribution in [1.29, 1.82) is 0 Å². The predicted molar refractivity (Wildman–Crippen MR) is 153 cm³/mol. The van der Waals surface area contributed by atoms with Crippen LogP contribution in [0.15, 0.2) is 48.5 Å². The summed E-state index contributed by atoms with van der Waals surface area (Å²) in [5.74, 6) is 0.866. The summed E-state index contributed by atoms with van der Waals surface area (Å²) < 4.78 is 10.4. The van der Waals surface area contributed by atoms with Gasteiger partial charge < -0.3 is 9.47 Å². The van der Waals surface area contributed by atoms with Gasteiger partial charge in [0, 0.05) is 12.3 Å². The molecule has 0 unspecified atom stereocenters. The number of hydrogen-bond donors (Lipinski definition) is 0. The topological polar surface area (TPSA) is 69.7 Å². The van der Waals surface area contributed by atoms with E-state index in [0.717, 1.165) is 24.0 Å². The van der Waals surface area contributed by atoms with Crippen LogP contribution in [0, 0.1) is 23.7 Å². The van der Waals surface area contributed by atoms with E-state index in [0.29, 0.717) is 18.4 Å². The van der Waals surface area contributed by atoms with Gasteiger partial charge in [0.25, 0.3) is 0 Å². The molecule has 5 heteroatoms. The molecule has 0 amide bonds. The Morgan fingerprint density at radius 2 is 0.947 bits per heavy atom. The summed E-state index contributed by atoms with van der Waals surface area (Å²) in [5.41, 5.74) is 4.65. The largest absolute Gasteiger partial charge is 0.461 e. The molecule has 2 aromatic carbocycles. The van der Waals surface area contributed by atoms with Crippen LogP contribution in [0.2, 0.25) is 0 Å². The van der Waals surface area contributed by atoms with E-state index in [1.54, 1.807) is 0 Å². The van der Waals surface area contributed by atoms with E-state index in [4.69, 9.17) is 9.47 Å². The van der Waals surface area contributed by atoms with Crippen molar-refractivity contribution < 1.29 is 23.9 Å². The molecule has 0 heterocycles. The molecule has 5 nitrogen and oxygen atoms in total. The molecule has 0 bridgehead atoms. The van der Waals surface area contributed by atoms with Gasteiger partial charge in [0.2, 0.25) is 0 Å². The molecule has 0 atom stereocenters. The molecule has 0 spiro atoms. The fourth-order valence-corrected chi connectivity index (χ4v) is 3.56. The van der Waals surface area contributed by atoms with Crippen molar-refractivity contribution in [2.75, 3.05) is 0 Å². The summed E-state index contributed by atoms with van der Waals surface area (Å²) >= 11 is 0. The number of benzene rings is 2. The van der Waals surface area contributed by atoms with Gasteiger partial charge >= 0.3 is 11.9 Å². The first kappa shape index (κ1) is 33.1. The lowest BCUT2D eigenvalue weighted by Crippen LogP contribution is -2.11. The molecule has 0 saturated carbocycles. The zero-order valence-electron chi connectivity index (χ0n) is 24.7. The van der Waals surface area contributed by atoms with Crippen LogP contribution in [0.5, 0.6) is 0 Å². The quantitative estimate of drug-likeness (QED) is 0.254. The van der Waals surface area contributed by atoms with E-state index in [1.807, 2.05) is 52.0 Å². The Balaban J connectivity index is 0.000000389. The summed E-state index contributed by atoms with van der Waals surface area (Å²) in [6, 6.07) is 16.4. The molecule has 0 aliphatic heterocycles. The number of esters is 2. The molecule has 0 aromatic heterocycles. The zero-order valence-corrected chi connectivity index (χ0v) is 24.7. The van der Waals surface area contributed by atoms with E-state index in [2.05, 4.69) is 52.0 Å². The molecule has 2 aromatic rings. The van der Waals surface area contributed by atoms with Crippen molar-refractivity contribution in [2.45, 2.75) is 94.3 Å². The van der Waals surface area contributed by atoms with E-state index in [-0.39, 0.29) is 49.0 Å². The minimum absolute atomic E-state index is 0.0219. The minimum atomic E-state index is -0.310. The second-order valence-electron chi connectivity index (χ2n) is 11.4. The first-order valence-electron chi connectivity index (χ1n) is 13.9. The summed E-state index contributed by atoms with van der Waals surface area (Å²) in [7, 11) is 0. The normalized spacial score (nSPS) is 10.9. The van der Waals surface area contributed by atoms with E-state index in [9.17, 15) is 14.4 Å². The van der Waals surface area contributed by atoms with Gasteiger partial charge in [-0.1, -0.05) is 104 Å². The van der Waals surface area contributed by atoms with Crippen molar-refractivity contribution in [2.24, 2.45) is 23.7 Å². The van der Waals surface area contributed by atoms with Crippen LogP contribution in [0.25, 0.3) is 0 Å². The molecule has 0 radical (unpaired) electrons. The molecule has 210 valence electrons. The number of carbonyl (C=O) groups excluding carboxylic acids is 3. The average Bonchev–Trinajstić information content (AvgIpc) is 2.85. The third kappa shape index (κ3) is 14.7. The average molecular weight is 525 g/mol. The van der Waals surface area contributed by atoms with Gasteiger partial charge in [0.1, 0.15) is 19.0 Å². The lowest BCUT2D eigenvalue weighted by atomic mass is 10.0. The van der Waals surface area contributed by atoms with Gasteiger partial charge in [-0.25, -0.2) is 0 Å². The summed E-state index contributed by atoms with van der Waals surface area (Å²) in [4.78, 5) is 34.3. The monoisotopic (exact) mass is 524 g/mol. The Kier molecular flexibility index (Phi) is 15.3. The van der Waals surface area contributed by atoms with Crippen LogP contribution in [0.4, 0.5) is 0 Å². The predicted octanol–water partition coefficient (Wildman–Crippen LogP) is 7.52. The summed E-state index contributed by atoms with van der Waals surface area (Å²) in [6.07, 6.45) is 2.58. The Hall–Kier alpha value is -2.95. The highest BCUT2D eigenvalue weighted by Crippen LogP contribution is 2.12. The van der Waals surface area contributed by atoms with Gasteiger partial charge in [0.15, 0.2) is 0 Å². The molecule has 0 aliphatic carbocycles. The Morgan fingerprint density at radius 3 is 1.32 bits per heavy atom. The van der Waals surface area contributed by atoms with Gasteiger partial charge in [-0.05, 0) is 46.9 Å². The molecule has 0 fully saturated rings. The summed E-state index contributed by atoms with van der Waals surface area (Å²) in [5, 5.41) is 0. The first-order valence-corrected chi connectivity index (χ1v) is 13.9. The standard InChI is InChI=1S/C18H26O3.C15H22O2/c1-13(2)11-15-5-7-16(8-6-15)12-21-18(20)10-9-17(19)14(3)4;1-11(2)9-13-5-7-14(8-6-13)10-17-15(16)12(3)4/h5-8,13-14H,9-12H2,1-4H3;5-8,11-12H,9-10H2,1-4H3. The van der Waals surface area contributed by atoms with Gasteiger partial charge in [0.05, 0.1) is 12.3 Å². The highest BCUT2D eigenvalue weighted by Gasteiger charge is 2.11. The lowest BCUT2D eigenvalue weighted by Gasteiger charge is -2.08. The number of hydrogen-bond acceptors (Lipinski definition) is 5. The SMILES string of the molecule is CC(C)Cc1ccc(COC(=O)C(C)C)cc1.CC(C)Cc1ccc(COC(=O)CCC(=O)C(C)C)cc1. The third-order valence-corrected chi connectivity index (χ3v) is 5.81. The molecule has 2 rings (SSSR count). The van der Waals surface area contributed by atoms with Crippen molar-refractivity contribution in [1.82, 2.24) is 0 Å². The van der Waals surface area contributed by atoms with E-state index in [1.165, 1.54) is 11.1 Å². The van der Waals surface area contributed by atoms with Crippen LogP contribution in [-0.2, 0) is 49.9 Å². The second kappa shape index (κ2) is 17.5. The molecule has 38 heavy (non-hydrogen) atoms. The maximum Gasteiger partial charge on any atom is 0.308 e. The van der Waals surface area contributed by atoms with Gasteiger partial charge in [-0.3, -0.25) is 14.4 Å². The first-order chi connectivity index (χ1) is 17.9. The molecule has 0 N–H and O–H groups in total. The number of carbonyl (C=O) groups is 3.